The topological polar surface area (TPSA) is 79.6 Å². The van der Waals surface area contributed by atoms with E-state index in [9.17, 15) is 14.4 Å². The molecule has 6 heteroatoms. The highest BCUT2D eigenvalue weighted by atomic mass is 16.3. The molecule has 2 aliphatic carbocycles. The summed E-state index contributed by atoms with van der Waals surface area (Å²) in [5.74, 6) is -0.508. The second-order valence-corrected chi connectivity index (χ2v) is 8.05. The fourth-order valence-corrected chi connectivity index (χ4v) is 5.08. The zero-order valence-electron chi connectivity index (χ0n) is 15.9. The minimum absolute atomic E-state index is 0.120. The third kappa shape index (κ3) is 2.99. The largest absolute Gasteiger partial charge is 0.467 e. The van der Waals surface area contributed by atoms with Gasteiger partial charge < -0.3 is 9.73 Å². The monoisotopic (exact) mass is 390 g/mol. The lowest BCUT2D eigenvalue weighted by Gasteiger charge is -2.27. The van der Waals surface area contributed by atoms with E-state index < -0.39 is 6.04 Å². The highest BCUT2D eigenvalue weighted by molar-refractivity contribution is 6.09. The molecule has 2 bridgehead atoms. The van der Waals surface area contributed by atoms with Crippen molar-refractivity contribution in [3.63, 3.8) is 0 Å². The molecule has 5 atom stereocenters. The van der Waals surface area contributed by atoms with Crippen molar-refractivity contribution in [2.45, 2.75) is 25.4 Å². The van der Waals surface area contributed by atoms with Crippen molar-refractivity contribution >= 4 is 17.7 Å². The SMILES string of the molecule is O=C(NCc1ccco1)[C@H](Cc1ccccc1)N1C(=O)[C@@H]2[C@@H](C1=O)[C@H]1C=C[C@H]2C1. The number of likely N-dealkylation sites (tertiary alicyclic amines) is 1. The Morgan fingerprint density at radius 1 is 1.03 bits per heavy atom. The van der Waals surface area contributed by atoms with Gasteiger partial charge >= 0.3 is 0 Å². The van der Waals surface area contributed by atoms with Crippen LogP contribution < -0.4 is 5.32 Å². The van der Waals surface area contributed by atoms with Gasteiger partial charge in [0, 0.05) is 6.42 Å². The number of allylic oxidation sites excluding steroid dienone is 2. The summed E-state index contributed by atoms with van der Waals surface area (Å²) in [6, 6.07) is 12.1. The van der Waals surface area contributed by atoms with E-state index in [1.807, 2.05) is 30.3 Å². The predicted molar refractivity (Wildman–Crippen MR) is 104 cm³/mol. The molecule has 148 valence electrons. The molecule has 3 aliphatic rings. The van der Waals surface area contributed by atoms with Crippen molar-refractivity contribution < 1.29 is 18.8 Å². The van der Waals surface area contributed by atoms with Crippen molar-refractivity contribution in [1.82, 2.24) is 10.2 Å². The minimum atomic E-state index is -0.864. The van der Waals surface area contributed by atoms with Gasteiger partial charge in [-0.15, -0.1) is 0 Å². The van der Waals surface area contributed by atoms with Crippen molar-refractivity contribution in [3.05, 3.63) is 72.2 Å². The van der Waals surface area contributed by atoms with Gasteiger partial charge in [-0.05, 0) is 36.0 Å². The van der Waals surface area contributed by atoms with E-state index in [1.54, 1.807) is 18.4 Å². The Hall–Kier alpha value is -3.15. The van der Waals surface area contributed by atoms with Gasteiger partial charge in [-0.1, -0.05) is 42.5 Å². The van der Waals surface area contributed by atoms with Crippen LogP contribution in [0.2, 0.25) is 0 Å². The minimum Gasteiger partial charge on any atom is -0.467 e. The molecule has 3 amide bonds. The van der Waals surface area contributed by atoms with E-state index in [-0.39, 0.29) is 47.9 Å². The summed E-state index contributed by atoms with van der Waals surface area (Å²) in [4.78, 5) is 40.8. The predicted octanol–water partition coefficient (Wildman–Crippen LogP) is 2.31. The Morgan fingerprint density at radius 2 is 1.72 bits per heavy atom. The van der Waals surface area contributed by atoms with Gasteiger partial charge in [-0.2, -0.15) is 0 Å². The second kappa shape index (κ2) is 7.03. The molecular weight excluding hydrogens is 368 g/mol. The number of hydrogen-bond donors (Lipinski definition) is 1. The maximum absolute atomic E-state index is 13.2. The zero-order chi connectivity index (χ0) is 20.0. The molecule has 2 heterocycles. The van der Waals surface area contributed by atoms with Gasteiger partial charge in [-0.3, -0.25) is 19.3 Å². The lowest BCUT2D eigenvalue weighted by molar-refractivity contribution is -0.148. The van der Waals surface area contributed by atoms with Crippen LogP contribution in [0.1, 0.15) is 17.7 Å². The van der Waals surface area contributed by atoms with E-state index in [1.165, 1.54) is 4.90 Å². The molecule has 1 N–H and O–H groups in total. The van der Waals surface area contributed by atoms with Crippen LogP contribution >= 0.6 is 0 Å². The van der Waals surface area contributed by atoms with Crippen LogP contribution in [0.3, 0.4) is 0 Å². The van der Waals surface area contributed by atoms with Crippen molar-refractivity contribution in [2.75, 3.05) is 0 Å². The van der Waals surface area contributed by atoms with Crippen LogP contribution in [0.25, 0.3) is 0 Å². The van der Waals surface area contributed by atoms with Crippen LogP contribution in [0.5, 0.6) is 0 Å². The number of nitrogens with zero attached hydrogens (tertiary/aromatic N) is 1. The molecule has 1 aromatic carbocycles. The Labute approximate surface area is 168 Å². The maximum atomic E-state index is 13.2. The van der Waals surface area contributed by atoms with Gasteiger partial charge in [-0.25, -0.2) is 0 Å². The zero-order valence-corrected chi connectivity index (χ0v) is 15.9. The standard InChI is InChI=1S/C23H22N2O4/c26-21(24-13-17-7-4-10-29-17)18(11-14-5-2-1-3-6-14)25-22(27)19-15-8-9-16(12-15)20(19)23(25)28/h1-10,15-16,18-20H,11-13H2,(H,24,26)/t15-,16-,18-,19-,20-/m0/s1. The maximum Gasteiger partial charge on any atom is 0.244 e. The van der Waals surface area contributed by atoms with E-state index in [0.29, 0.717) is 12.2 Å². The van der Waals surface area contributed by atoms with Crippen LogP contribution in [0, 0.1) is 23.7 Å². The molecular formula is C23H22N2O4. The molecule has 29 heavy (non-hydrogen) atoms. The Morgan fingerprint density at radius 3 is 2.34 bits per heavy atom. The van der Waals surface area contributed by atoms with Gasteiger partial charge in [0.15, 0.2) is 0 Å². The number of benzene rings is 1. The van der Waals surface area contributed by atoms with E-state index >= 15 is 0 Å². The number of hydrogen-bond acceptors (Lipinski definition) is 4. The van der Waals surface area contributed by atoms with Crippen molar-refractivity contribution in [1.29, 1.82) is 0 Å². The molecule has 2 fully saturated rings. The molecule has 5 rings (SSSR count). The van der Waals surface area contributed by atoms with Gasteiger partial charge in [0.1, 0.15) is 11.8 Å². The fraction of sp³-hybridized carbons (Fsp3) is 0.348. The quantitative estimate of drug-likeness (QED) is 0.606. The van der Waals surface area contributed by atoms with Gasteiger partial charge in [0.2, 0.25) is 17.7 Å². The summed E-state index contributed by atoms with van der Waals surface area (Å²) in [5, 5.41) is 2.83. The highest BCUT2D eigenvalue weighted by Gasteiger charge is 2.61. The normalized spacial score (nSPS) is 28.1. The Kier molecular flexibility index (Phi) is 4.34. The van der Waals surface area contributed by atoms with Crippen LogP contribution in [-0.4, -0.2) is 28.7 Å². The lowest BCUT2D eigenvalue weighted by Crippen LogP contribution is -2.51. The first-order valence-electron chi connectivity index (χ1n) is 10.0. The Bertz CT molecular complexity index is 936. The van der Waals surface area contributed by atoms with Crippen molar-refractivity contribution in [3.8, 4) is 0 Å². The van der Waals surface area contributed by atoms with E-state index in [0.717, 1.165) is 12.0 Å². The van der Waals surface area contributed by atoms with Crippen molar-refractivity contribution in [2.24, 2.45) is 23.7 Å². The number of imide groups is 1. The average Bonchev–Trinajstić information content (AvgIpc) is 3.51. The number of rotatable bonds is 6. The summed E-state index contributed by atoms with van der Waals surface area (Å²) in [7, 11) is 0. The molecule has 2 aromatic rings. The number of nitrogens with one attached hydrogen (secondary N) is 1. The molecule has 0 unspecified atom stereocenters. The molecule has 1 aromatic heterocycles. The van der Waals surface area contributed by atoms with Crippen LogP contribution in [0.15, 0.2) is 65.3 Å². The summed E-state index contributed by atoms with van der Waals surface area (Å²) < 4.78 is 5.28. The summed E-state index contributed by atoms with van der Waals surface area (Å²) >= 11 is 0. The number of amides is 3. The summed E-state index contributed by atoms with van der Waals surface area (Å²) in [5.41, 5.74) is 0.907. The molecule has 0 radical (unpaired) electrons. The van der Waals surface area contributed by atoms with Crippen LogP contribution in [-0.2, 0) is 27.3 Å². The fourth-order valence-electron chi connectivity index (χ4n) is 5.08. The van der Waals surface area contributed by atoms with E-state index in [4.69, 9.17) is 4.42 Å². The number of carbonyl (C=O) groups is 3. The molecule has 1 saturated heterocycles. The summed E-state index contributed by atoms with van der Waals surface area (Å²) in [6.45, 7) is 0.215. The first-order chi connectivity index (χ1) is 14.1. The van der Waals surface area contributed by atoms with E-state index in [2.05, 4.69) is 17.5 Å². The first kappa shape index (κ1) is 17.9. The molecule has 0 spiro atoms. The first-order valence-corrected chi connectivity index (χ1v) is 10.0. The van der Waals surface area contributed by atoms with Gasteiger partial charge in [0.05, 0.1) is 24.6 Å². The third-order valence-corrected chi connectivity index (χ3v) is 6.41. The number of carbonyl (C=O) groups excluding carboxylic acids is 3. The number of furan rings is 1. The van der Waals surface area contributed by atoms with Crippen LogP contribution in [0.4, 0.5) is 0 Å². The number of fused-ring (bicyclic) bond motifs is 5. The Balaban J connectivity index is 1.41. The smallest absolute Gasteiger partial charge is 0.244 e. The van der Waals surface area contributed by atoms with Gasteiger partial charge in [0.25, 0.3) is 0 Å². The average molecular weight is 390 g/mol. The molecule has 6 nitrogen and oxygen atoms in total. The summed E-state index contributed by atoms with van der Waals surface area (Å²) in [6.07, 6.45) is 6.83. The third-order valence-electron chi connectivity index (χ3n) is 6.41. The lowest BCUT2D eigenvalue weighted by atomic mass is 9.85. The second-order valence-electron chi connectivity index (χ2n) is 8.05. The molecule has 1 aliphatic heterocycles. The molecule has 1 saturated carbocycles. The highest BCUT2D eigenvalue weighted by Crippen LogP contribution is 2.52.